The smallest absolute Gasteiger partial charge is 0.328 e. The van der Waals surface area contributed by atoms with Gasteiger partial charge < -0.3 is 26.3 Å². The normalized spacial score (nSPS) is 15.4. The molecule has 1 aliphatic rings. The summed E-state index contributed by atoms with van der Waals surface area (Å²) in [5.74, 6) is 1.12. The second-order valence-corrected chi connectivity index (χ2v) is 8.74. The fourth-order valence-corrected chi connectivity index (χ4v) is 3.93. The van der Waals surface area contributed by atoms with Gasteiger partial charge in [0, 0.05) is 5.92 Å². The Kier molecular flexibility index (Phi) is 5.57. The maximum Gasteiger partial charge on any atom is 0.328 e. The number of hydrogen-bond acceptors (Lipinski definition) is 6. The monoisotopic (exact) mass is 431 g/mol. The van der Waals surface area contributed by atoms with Gasteiger partial charge in [-0.25, -0.2) is 4.79 Å². The molecule has 3 aromatic carbocycles. The Hall–Kier alpha value is -3.51. The molecule has 2 unspecified atom stereocenters. The number of benzene rings is 3. The lowest BCUT2D eigenvalue weighted by atomic mass is 9.83. The summed E-state index contributed by atoms with van der Waals surface area (Å²) in [5, 5.41) is 5.38. The molecular formula is C26H29N3O3. The molecule has 1 heterocycles. The number of nitrogens with two attached hydrogens (primary N) is 2. The Bertz CT molecular complexity index is 1210. The SMILES string of the molecule is CC1=C(N)Nc2cc(C(N)C(=O)OC(C)(C)C(C)c3cccc4ccccc34)ccc2O1. The van der Waals surface area contributed by atoms with E-state index in [9.17, 15) is 4.79 Å². The molecule has 4 rings (SSSR count). The molecule has 0 spiro atoms. The second kappa shape index (κ2) is 8.20. The van der Waals surface area contributed by atoms with Gasteiger partial charge in [0.25, 0.3) is 0 Å². The molecule has 0 saturated carbocycles. The minimum absolute atomic E-state index is 0.0451. The van der Waals surface area contributed by atoms with E-state index in [1.165, 1.54) is 0 Å². The van der Waals surface area contributed by atoms with E-state index in [4.69, 9.17) is 20.9 Å². The maximum absolute atomic E-state index is 13.0. The van der Waals surface area contributed by atoms with Gasteiger partial charge in [0.05, 0.1) is 5.69 Å². The van der Waals surface area contributed by atoms with Crippen molar-refractivity contribution in [2.45, 2.75) is 45.3 Å². The number of rotatable bonds is 5. The minimum atomic E-state index is -0.936. The van der Waals surface area contributed by atoms with E-state index in [1.807, 2.05) is 32.0 Å². The first-order valence-electron chi connectivity index (χ1n) is 10.7. The van der Waals surface area contributed by atoms with Crippen LogP contribution in [0.1, 0.15) is 50.8 Å². The number of esters is 1. The third-order valence-electron chi connectivity index (χ3n) is 6.22. The van der Waals surface area contributed by atoms with Crippen molar-refractivity contribution in [3.05, 3.63) is 83.4 Å². The lowest BCUT2D eigenvalue weighted by Crippen LogP contribution is -2.37. The number of allylic oxidation sites excluding steroid dienone is 1. The maximum atomic E-state index is 13.0. The fraction of sp³-hybridized carbons (Fsp3) is 0.269. The molecule has 0 radical (unpaired) electrons. The summed E-state index contributed by atoms with van der Waals surface area (Å²) in [6.07, 6.45) is 0. The van der Waals surface area contributed by atoms with Crippen molar-refractivity contribution in [3.63, 3.8) is 0 Å². The van der Waals surface area contributed by atoms with Gasteiger partial charge >= 0.3 is 5.97 Å². The predicted molar refractivity (Wildman–Crippen MR) is 127 cm³/mol. The van der Waals surface area contributed by atoms with E-state index in [1.54, 1.807) is 25.1 Å². The van der Waals surface area contributed by atoms with Crippen LogP contribution in [-0.4, -0.2) is 11.6 Å². The van der Waals surface area contributed by atoms with Crippen LogP contribution in [0.25, 0.3) is 10.8 Å². The topological polar surface area (TPSA) is 99.6 Å². The molecule has 3 aromatic rings. The van der Waals surface area contributed by atoms with E-state index in [0.29, 0.717) is 28.6 Å². The first kappa shape index (κ1) is 21.7. The summed E-state index contributed by atoms with van der Waals surface area (Å²) in [6, 6.07) is 18.8. The molecule has 0 amide bonds. The molecule has 32 heavy (non-hydrogen) atoms. The molecule has 0 fully saturated rings. The van der Waals surface area contributed by atoms with E-state index in [2.05, 4.69) is 36.5 Å². The number of anilines is 1. The van der Waals surface area contributed by atoms with Gasteiger partial charge in [-0.15, -0.1) is 0 Å². The predicted octanol–water partition coefficient (Wildman–Crippen LogP) is 4.92. The Labute approximate surface area is 188 Å². The number of hydrogen-bond donors (Lipinski definition) is 3. The van der Waals surface area contributed by atoms with Crippen LogP contribution < -0.4 is 21.5 Å². The molecule has 0 bridgehead atoms. The number of carbonyl (C=O) groups excluding carboxylic acids is 1. The van der Waals surface area contributed by atoms with E-state index in [0.717, 1.165) is 16.3 Å². The molecule has 1 aliphatic heterocycles. The molecule has 0 aliphatic carbocycles. The lowest BCUT2D eigenvalue weighted by Gasteiger charge is -2.33. The third kappa shape index (κ3) is 4.01. The van der Waals surface area contributed by atoms with Crippen molar-refractivity contribution in [3.8, 4) is 5.75 Å². The molecule has 0 aromatic heterocycles. The summed E-state index contributed by atoms with van der Waals surface area (Å²) < 4.78 is 11.6. The van der Waals surface area contributed by atoms with Gasteiger partial charge in [0.1, 0.15) is 23.2 Å². The Morgan fingerprint density at radius 3 is 2.59 bits per heavy atom. The highest BCUT2D eigenvalue weighted by Gasteiger charge is 2.34. The van der Waals surface area contributed by atoms with E-state index >= 15 is 0 Å². The zero-order chi connectivity index (χ0) is 23.0. The number of nitrogens with one attached hydrogen (secondary N) is 1. The van der Waals surface area contributed by atoms with Gasteiger partial charge in [0.2, 0.25) is 0 Å². The number of carbonyl (C=O) groups is 1. The van der Waals surface area contributed by atoms with Crippen LogP contribution in [0.4, 0.5) is 5.69 Å². The van der Waals surface area contributed by atoms with Gasteiger partial charge in [-0.05, 0) is 54.8 Å². The van der Waals surface area contributed by atoms with Crippen LogP contribution >= 0.6 is 0 Å². The van der Waals surface area contributed by atoms with Gasteiger partial charge in [-0.1, -0.05) is 55.5 Å². The summed E-state index contributed by atoms with van der Waals surface area (Å²) in [6.45, 7) is 7.68. The molecule has 6 heteroatoms. The highest BCUT2D eigenvalue weighted by atomic mass is 16.6. The van der Waals surface area contributed by atoms with E-state index in [-0.39, 0.29) is 5.92 Å². The molecule has 2 atom stereocenters. The van der Waals surface area contributed by atoms with Crippen LogP contribution in [0.5, 0.6) is 5.75 Å². The summed E-state index contributed by atoms with van der Waals surface area (Å²) in [4.78, 5) is 13.0. The third-order valence-corrected chi connectivity index (χ3v) is 6.22. The highest BCUT2D eigenvalue weighted by molar-refractivity contribution is 5.86. The Balaban J connectivity index is 1.53. The molecule has 0 saturated heterocycles. The Morgan fingerprint density at radius 1 is 1.09 bits per heavy atom. The van der Waals surface area contributed by atoms with Crippen LogP contribution in [0.3, 0.4) is 0 Å². The van der Waals surface area contributed by atoms with Crippen molar-refractivity contribution in [2.24, 2.45) is 11.5 Å². The van der Waals surface area contributed by atoms with E-state index < -0.39 is 17.6 Å². The van der Waals surface area contributed by atoms with Crippen molar-refractivity contribution < 1.29 is 14.3 Å². The van der Waals surface area contributed by atoms with Crippen molar-refractivity contribution in [1.82, 2.24) is 0 Å². The average Bonchev–Trinajstić information content (AvgIpc) is 2.77. The quantitative estimate of drug-likeness (QED) is 0.496. The summed E-state index contributed by atoms with van der Waals surface area (Å²) >= 11 is 0. The minimum Gasteiger partial charge on any atom is -0.458 e. The molecular weight excluding hydrogens is 402 g/mol. The van der Waals surface area contributed by atoms with Crippen molar-refractivity contribution >= 4 is 22.4 Å². The first-order chi connectivity index (χ1) is 15.2. The van der Waals surface area contributed by atoms with Crippen molar-refractivity contribution in [1.29, 1.82) is 0 Å². The van der Waals surface area contributed by atoms with Crippen molar-refractivity contribution in [2.75, 3.05) is 5.32 Å². The van der Waals surface area contributed by atoms with Gasteiger partial charge in [-0.2, -0.15) is 0 Å². The van der Waals surface area contributed by atoms with Crippen LogP contribution in [0.15, 0.2) is 72.2 Å². The standard InChI is InChI=1S/C26H29N3O3/c1-15(19-11-7-9-17-8-5-6-10-20(17)19)26(3,4)32-25(30)23(27)18-12-13-22-21(14-18)29-24(28)16(2)31-22/h5-15,23,29H,27-28H2,1-4H3. The highest BCUT2D eigenvalue weighted by Crippen LogP contribution is 2.37. The van der Waals surface area contributed by atoms with Crippen LogP contribution in [-0.2, 0) is 9.53 Å². The first-order valence-corrected chi connectivity index (χ1v) is 10.7. The van der Waals surface area contributed by atoms with Gasteiger partial charge in [0.15, 0.2) is 5.75 Å². The second-order valence-electron chi connectivity index (χ2n) is 8.74. The van der Waals surface area contributed by atoms with Crippen LogP contribution in [0, 0.1) is 0 Å². The van der Waals surface area contributed by atoms with Gasteiger partial charge in [-0.3, -0.25) is 0 Å². The number of ether oxygens (including phenoxy) is 2. The molecule has 6 nitrogen and oxygen atoms in total. The average molecular weight is 432 g/mol. The number of fused-ring (bicyclic) bond motifs is 2. The molecule has 5 N–H and O–H groups in total. The summed E-state index contributed by atoms with van der Waals surface area (Å²) in [7, 11) is 0. The lowest BCUT2D eigenvalue weighted by molar-refractivity contribution is -0.160. The zero-order valence-corrected chi connectivity index (χ0v) is 18.8. The summed E-state index contributed by atoms with van der Waals surface area (Å²) in [5.41, 5.74) is 13.8. The Morgan fingerprint density at radius 2 is 1.81 bits per heavy atom. The van der Waals surface area contributed by atoms with Crippen LogP contribution in [0.2, 0.25) is 0 Å². The largest absolute Gasteiger partial charge is 0.458 e. The fourth-order valence-electron chi connectivity index (χ4n) is 3.93. The zero-order valence-electron chi connectivity index (χ0n) is 18.8. The molecule has 166 valence electrons.